The number of rotatable bonds is 3. The Morgan fingerprint density at radius 1 is 1.62 bits per heavy atom. The molecule has 0 amide bonds. The monoisotopic (exact) mass is 334 g/mol. The molecular formula is C10H8FIN2O2. The van der Waals surface area contributed by atoms with Crippen molar-refractivity contribution < 1.29 is 9.31 Å². The van der Waals surface area contributed by atoms with Crippen molar-refractivity contribution in [2.75, 3.05) is 11.9 Å². The first-order valence-electron chi connectivity index (χ1n) is 4.33. The Morgan fingerprint density at radius 2 is 2.31 bits per heavy atom. The maximum Gasteiger partial charge on any atom is 0.293 e. The summed E-state index contributed by atoms with van der Waals surface area (Å²) in [6.07, 6.45) is 0. The quantitative estimate of drug-likeness (QED) is 0.400. The van der Waals surface area contributed by atoms with E-state index in [9.17, 15) is 14.5 Å². The molecule has 0 heterocycles. The van der Waals surface area contributed by atoms with Crippen LogP contribution in [0, 0.1) is 31.3 Å². The zero-order valence-corrected chi connectivity index (χ0v) is 10.5. The summed E-state index contributed by atoms with van der Waals surface area (Å²) in [6, 6.07) is 2.30. The Balaban J connectivity index is 3.07. The highest BCUT2D eigenvalue weighted by molar-refractivity contribution is 14.1. The van der Waals surface area contributed by atoms with Gasteiger partial charge in [0.1, 0.15) is 11.5 Å². The van der Waals surface area contributed by atoms with Crippen molar-refractivity contribution in [3.63, 3.8) is 0 Å². The molecule has 0 bridgehead atoms. The van der Waals surface area contributed by atoms with Gasteiger partial charge in [0.2, 0.25) is 0 Å². The summed E-state index contributed by atoms with van der Waals surface area (Å²) in [7, 11) is 0. The minimum Gasteiger partial charge on any atom is -0.368 e. The van der Waals surface area contributed by atoms with Crippen molar-refractivity contribution >= 4 is 34.0 Å². The first-order valence-corrected chi connectivity index (χ1v) is 5.41. The van der Waals surface area contributed by atoms with Gasteiger partial charge < -0.3 is 5.32 Å². The lowest BCUT2D eigenvalue weighted by atomic mass is 10.2. The smallest absolute Gasteiger partial charge is 0.293 e. The standard InChI is InChI=1S/C10H8FIN2O2/c1-2-3-4-13-9-5-7(11)8(12)6-10(9)14(15)16/h5-6,13H,4H2,1H3. The average Bonchev–Trinajstić information content (AvgIpc) is 2.23. The van der Waals surface area contributed by atoms with E-state index in [0.29, 0.717) is 0 Å². The van der Waals surface area contributed by atoms with E-state index in [0.717, 1.165) is 6.07 Å². The van der Waals surface area contributed by atoms with Crippen LogP contribution < -0.4 is 5.32 Å². The topological polar surface area (TPSA) is 55.2 Å². The fourth-order valence-corrected chi connectivity index (χ4v) is 1.51. The Kier molecular flexibility index (Phi) is 4.49. The SMILES string of the molecule is CC#CCNc1cc(F)c(I)cc1[N+](=O)[O-]. The summed E-state index contributed by atoms with van der Waals surface area (Å²) in [5.74, 6) is 4.84. The van der Waals surface area contributed by atoms with E-state index in [1.165, 1.54) is 6.07 Å². The lowest BCUT2D eigenvalue weighted by Gasteiger charge is -2.04. The molecule has 1 rings (SSSR count). The van der Waals surface area contributed by atoms with E-state index in [1.54, 1.807) is 29.5 Å². The van der Waals surface area contributed by atoms with Crippen LogP contribution in [0.4, 0.5) is 15.8 Å². The molecule has 84 valence electrons. The van der Waals surface area contributed by atoms with Gasteiger partial charge in [0.25, 0.3) is 5.69 Å². The van der Waals surface area contributed by atoms with Gasteiger partial charge in [-0.1, -0.05) is 5.92 Å². The van der Waals surface area contributed by atoms with Crippen molar-refractivity contribution in [1.29, 1.82) is 0 Å². The van der Waals surface area contributed by atoms with Gasteiger partial charge in [-0.3, -0.25) is 10.1 Å². The first-order chi connectivity index (χ1) is 7.56. The predicted molar refractivity (Wildman–Crippen MR) is 67.7 cm³/mol. The molecule has 0 aliphatic heterocycles. The highest BCUT2D eigenvalue weighted by atomic mass is 127. The van der Waals surface area contributed by atoms with Crippen molar-refractivity contribution in [3.8, 4) is 11.8 Å². The molecule has 0 fully saturated rings. The number of nitrogens with one attached hydrogen (secondary N) is 1. The van der Waals surface area contributed by atoms with Crippen LogP contribution in [-0.4, -0.2) is 11.5 Å². The average molecular weight is 334 g/mol. The molecular weight excluding hydrogens is 326 g/mol. The molecule has 0 spiro atoms. The minimum atomic E-state index is -0.552. The molecule has 0 saturated carbocycles. The predicted octanol–water partition coefficient (Wildman–Crippen LogP) is 2.77. The summed E-state index contributed by atoms with van der Waals surface area (Å²) in [5, 5.41) is 13.4. The molecule has 0 radical (unpaired) electrons. The van der Waals surface area contributed by atoms with Crippen LogP contribution in [0.2, 0.25) is 0 Å². The van der Waals surface area contributed by atoms with Crippen LogP contribution in [-0.2, 0) is 0 Å². The minimum absolute atomic E-state index is 0.144. The summed E-state index contributed by atoms with van der Waals surface area (Å²) >= 11 is 1.71. The molecule has 0 aliphatic rings. The third-order valence-electron chi connectivity index (χ3n) is 1.78. The van der Waals surface area contributed by atoms with Crippen molar-refractivity contribution in [3.05, 3.63) is 31.6 Å². The van der Waals surface area contributed by atoms with E-state index in [-0.39, 0.29) is 21.5 Å². The Hall–Kier alpha value is -1.36. The van der Waals surface area contributed by atoms with Gasteiger partial charge in [0.15, 0.2) is 0 Å². The molecule has 0 aliphatic carbocycles. The Bertz CT molecular complexity index is 480. The van der Waals surface area contributed by atoms with Gasteiger partial charge in [-0.25, -0.2) is 4.39 Å². The molecule has 0 atom stereocenters. The Morgan fingerprint density at radius 3 is 2.88 bits per heavy atom. The molecule has 1 aromatic carbocycles. The van der Waals surface area contributed by atoms with E-state index in [2.05, 4.69) is 17.2 Å². The van der Waals surface area contributed by atoms with E-state index >= 15 is 0 Å². The van der Waals surface area contributed by atoms with Gasteiger partial charge in [-0.15, -0.1) is 5.92 Å². The third kappa shape index (κ3) is 3.06. The van der Waals surface area contributed by atoms with Gasteiger partial charge in [0.05, 0.1) is 15.0 Å². The van der Waals surface area contributed by atoms with Crippen LogP contribution in [0.3, 0.4) is 0 Å². The van der Waals surface area contributed by atoms with Crippen LogP contribution in [0.5, 0.6) is 0 Å². The maximum absolute atomic E-state index is 13.2. The summed E-state index contributed by atoms with van der Waals surface area (Å²) < 4.78 is 13.4. The fraction of sp³-hybridized carbons (Fsp3) is 0.200. The molecule has 16 heavy (non-hydrogen) atoms. The van der Waals surface area contributed by atoms with E-state index < -0.39 is 10.7 Å². The van der Waals surface area contributed by atoms with Crippen molar-refractivity contribution in [2.45, 2.75) is 6.92 Å². The number of hydrogen-bond acceptors (Lipinski definition) is 3. The van der Waals surface area contributed by atoms with Crippen LogP contribution in [0.25, 0.3) is 0 Å². The number of nitrogens with zero attached hydrogens (tertiary/aromatic N) is 1. The molecule has 1 N–H and O–H groups in total. The molecule has 0 aromatic heterocycles. The molecule has 4 nitrogen and oxygen atoms in total. The summed E-state index contributed by atoms with van der Waals surface area (Å²) in [6.45, 7) is 1.90. The van der Waals surface area contributed by atoms with Gasteiger partial charge in [-0.05, 0) is 29.5 Å². The third-order valence-corrected chi connectivity index (χ3v) is 2.61. The van der Waals surface area contributed by atoms with Gasteiger partial charge in [0, 0.05) is 12.1 Å². The molecule has 0 saturated heterocycles. The lowest BCUT2D eigenvalue weighted by molar-refractivity contribution is -0.384. The van der Waals surface area contributed by atoms with Crippen LogP contribution in [0.15, 0.2) is 12.1 Å². The molecule has 6 heteroatoms. The second-order valence-electron chi connectivity index (χ2n) is 2.82. The number of nitro benzene ring substituents is 1. The maximum atomic E-state index is 13.2. The normalized spacial score (nSPS) is 9.19. The second-order valence-corrected chi connectivity index (χ2v) is 3.98. The summed E-state index contributed by atoms with van der Waals surface area (Å²) in [4.78, 5) is 10.2. The Labute approximate surface area is 106 Å². The van der Waals surface area contributed by atoms with E-state index in [1.807, 2.05) is 0 Å². The van der Waals surface area contributed by atoms with Crippen LogP contribution in [0.1, 0.15) is 6.92 Å². The zero-order chi connectivity index (χ0) is 12.1. The number of nitro groups is 1. The highest BCUT2D eigenvalue weighted by Gasteiger charge is 2.16. The first kappa shape index (κ1) is 12.7. The number of hydrogen-bond donors (Lipinski definition) is 1. The van der Waals surface area contributed by atoms with Gasteiger partial charge in [-0.2, -0.15) is 0 Å². The zero-order valence-electron chi connectivity index (χ0n) is 8.38. The van der Waals surface area contributed by atoms with Crippen molar-refractivity contribution in [2.24, 2.45) is 0 Å². The van der Waals surface area contributed by atoms with E-state index in [4.69, 9.17) is 0 Å². The second kappa shape index (κ2) is 5.65. The largest absolute Gasteiger partial charge is 0.368 e. The molecule has 1 aromatic rings. The number of anilines is 1. The molecule has 0 unspecified atom stereocenters. The fourth-order valence-electron chi connectivity index (χ4n) is 1.06. The van der Waals surface area contributed by atoms with Gasteiger partial charge >= 0.3 is 0 Å². The lowest BCUT2D eigenvalue weighted by Crippen LogP contribution is -2.03. The summed E-state index contributed by atoms with van der Waals surface area (Å²) in [5.41, 5.74) is -0.00521. The van der Waals surface area contributed by atoms with Crippen molar-refractivity contribution in [1.82, 2.24) is 0 Å². The highest BCUT2D eigenvalue weighted by Crippen LogP contribution is 2.28. The van der Waals surface area contributed by atoms with Crippen LogP contribution >= 0.6 is 22.6 Å². The number of benzene rings is 1. The number of halogens is 2.